The number of amides is 1. The van der Waals surface area contributed by atoms with Crippen LogP contribution in [-0.4, -0.2) is 25.2 Å². The van der Waals surface area contributed by atoms with Gasteiger partial charge in [0.1, 0.15) is 5.41 Å². The predicted octanol–water partition coefficient (Wildman–Crippen LogP) is 0.975. The van der Waals surface area contributed by atoms with Gasteiger partial charge in [0.2, 0.25) is 5.91 Å². The molecule has 1 aliphatic carbocycles. The lowest BCUT2D eigenvalue weighted by atomic mass is 9.69. The summed E-state index contributed by atoms with van der Waals surface area (Å²) in [6, 6.07) is 2.26. The lowest BCUT2D eigenvalue weighted by molar-refractivity contribution is -0.133. The first-order valence-corrected chi connectivity index (χ1v) is 5.57. The fourth-order valence-electron chi connectivity index (χ4n) is 2.10. The van der Waals surface area contributed by atoms with Crippen LogP contribution in [0.25, 0.3) is 0 Å². The van der Waals surface area contributed by atoms with Crippen molar-refractivity contribution < 1.29 is 9.53 Å². The standard InChI is InChI=1S/C11H16N2O2/c12-8-11(4-2-5-11)10(14)13-9-3-1-6-15-7-9/h9H,1-7H2,(H,13,14). The van der Waals surface area contributed by atoms with Crippen molar-refractivity contribution in [3.63, 3.8) is 0 Å². The second-order valence-electron chi connectivity index (χ2n) is 4.43. The molecule has 1 saturated heterocycles. The Morgan fingerprint density at radius 3 is 2.73 bits per heavy atom. The molecule has 0 radical (unpaired) electrons. The van der Waals surface area contributed by atoms with Gasteiger partial charge in [-0.1, -0.05) is 0 Å². The largest absolute Gasteiger partial charge is 0.379 e. The Hall–Kier alpha value is -1.08. The topological polar surface area (TPSA) is 62.1 Å². The first-order chi connectivity index (χ1) is 7.27. The van der Waals surface area contributed by atoms with Gasteiger partial charge in [0.25, 0.3) is 0 Å². The molecule has 0 aromatic rings. The van der Waals surface area contributed by atoms with Gasteiger partial charge in [0.05, 0.1) is 18.7 Å². The summed E-state index contributed by atoms with van der Waals surface area (Å²) < 4.78 is 5.28. The van der Waals surface area contributed by atoms with E-state index in [1.54, 1.807) is 0 Å². The molecule has 2 fully saturated rings. The average Bonchev–Trinajstić information content (AvgIpc) is 2.18. The number of nitrogens with one attached hydrogen (secondary N) is 1. The first-order valence-electron chi connectivity index (χ1n) is 5.57. The zero-order chi connectivity index (χ0) is 10.7. The van der Waals surface area contributed by atoms with Crippen LogP contribution in [0.1, 0.15) is 32.1 Å². The van der Waals surface area contributed by atoms with Crippen molar-refractivity contribution in [2.24, 2.45) is 5.41 Å². The van der Waals surface area contributed by atoms with Crippen LogP contribution in [0.15, 0.2) is 0 Å². The van der Waals surface area contributed by atoms with Gasteiger partial charge < -0.3 is 10.1 Å². The molecule has 2 rings (SSSR count). The van der Waals surface area contributed by atoms with E-state index >= 15 is 0 Å². The highest BCUT2D eigenvalue weighted by atomic mass is 16.5. The van der Waals surface area contributed by atoms with Crippen LogP contribution in [0.3, 0.4) is 0 Å². The van der Waals surface area contributed by atoms with E-state index in [-0.39, 0.29) is 11.9 Å². The molecule has 1 unspecified atom stereocenters. The number of carbonyl (C=O) groups excluding carboxylic acids is 1. The Morgan fingerprint density at radius 1 is 1.47 bits per heavy atom. The maximum absolute atomic E-state index is 11.9. The molecule has 0 aromatic heterocycles. The van der Waals surface area contributed by atoms with Crippen LogP contribution >= 0.6 is 0 Å². The Bertz CT molecular complexity index is 285. The lowest BCUT2D eigenvalue weighted by Gasteiger charge is -2.35. The number of ether oxygens (including phenoxy) is 1. The molecule has 2 aliphatic rings. The molecule has 1 N–H and O–H groups in total. The average molecular weight is 208 g/mol. The smallest absolute Gasteiger partial charge is 0.240 e. The molecule has 1 amide bonds. The molecular weight excluding hydrogens is 192 g/mol. The van der Waals surface area contributed by atoms with Crippen molar-refractivity contribution >= 4 is 5.91 Å². The lowest BCUT2D eigenvalue weighted by Crippen LogP contribution is -2.50. The third-order valence-electron chi connectivity index (χ3n) is 3.35. The third kappa shape index (κ3) is 1.98. The summed E-state index contributed by atoms with van der Waals surface area (Å²) in [5.41, 5.74) is -0.725. The van der Waals surface area contributed by atoms with Gasteiger partial charge in [0, 0.05) is 6.61 Å². The van der Waals surface area contributed by atoms with E-state index in [0.717, 1.165) is 25.9 Å². The van der Waals surface area contributed by atoms with Crippen LogP contribution in [0.2, 0.25) is 0 Å². The first kappa shape index (κ1) is 10.4. The Morgan fingerprint density at radius 2 is 2.27 bits per heavy atom. The molecule has 82 valence electrons. The molecular formula is C11H16N2O2. The Labute approximate surface area is 89.6 Å². The minimum Gasteiger partial charge on any atom is -0.379 e. The summed E-state index contributed by atoms with van der Waals surface area (Å²) >= 11 is 0. The summed E-state index contributed by atoms with van der Waals surface area (Å²) in [4.78, 5) is 11.9. The van der Waals surface area contributed by atoms with Gasteiger partial charge >= 0.3 is 0 Å². The molecule has 1 aliphatic heterocycles. The molecule has 4 nitrogen and oxygen atoms in total. The third-order valence-corrected chi connectivity index (χ3v) is 3.35. The quantitative estimate of drug-likeness (QED) is 0.735. The highest BCUT2D eigenvalue weighted by Crippen LogP contribution is 2.40. The number of hydrogen-bond donors (Lipinski definition) is 1. The monoisotopic (exact) mass is 208 g/mol. The molecule has 15 heavy (non-hydrogen) atoms. The second-order valence-corrected chi connectivity index (χ2v) is 4.43. The maximum atomic E-state index is 11.9. The summed E-state index contributed by atoms with van der Waals surface area (Å²) in [5.74, 6) is -0.0910. The molecule has 1 atom stereocenters. The summed E-state index contributed by atoms with van der Waals surface area (Å²) in [7, 11) is 0. The zero-order valence-corrected chi connectivity index (χ0v) is 8.79. The van der Waals surface area contributed by atoms with Crippen LogP contribution in [-0.2, 0) is 9.53 Å². The summed E-state index contributed by atoms with van der Waals surface area (Å²) in [6.45, 7) is 1.38. The minimum absolute atomic E-state index is 0.0910. The molecule has 1 saturated carbocycles. The van der Waals surface area contributed by atoms with Crippen molar-refractivity contribution in [3.8, 4) is 6.07 Å². The van der Waals surface area contributed by atoms with Gasteiger partial charge in [-0.25, -0.2) is 0 Å². The second kappa shape index (κ2) is 4.19. The minimum atomic E-state index is -0.725. The fraction of sp³-hybridized carbons (Fsp3) is 0.818. The fourth-order valence-corrected chi connectivity index (χ4v) is 2.10. The number of rotatable bonds is 2. The molecule has 0 bridgehead atoms. The van der Waals surface area contributed by atoms with E-state index < -0.39 is 5.41 Å². The van der Waals surface area contributed by atoms with Gasteiger partial charge in [-0.05, 0) is 32.1 Å². The van der Waals surface area contributed by atoms with Gasteiger partial charge in [-0.15, -0.1) is 0 Å². The van der Waals surface area contributed by atoms with Crippen molar-refractivity contribution in [2.45, 2.75) is 38.1 Å². The van der Waals surface area contributed by atoms with Gasteiger partial charge in [-0.2, -0.15) is 5.26 Å². The Kier molecular flexibility index (Phi) is 2.92. The summed E-state index contributed by atoms with van der Waals surface area (Å²) in [6.07, 6.45) is 4.37. The van der Waals surface area contributed by atoms with Crippen molar-refractivity contribution in [1.82, 2.24) is 5.32 Å². The normalized spacial score (nSPS) is 28.6. The number of carbonyl (C=O) groups is 1. The van der Waals surface area contributed by atoms with E-state index in [4.69, 9.17) is 10.00 Å². The summed E-state index contributed by atoms with van der Waals surface area (Å²) in [5, 5.41) is 11.9. The zero-order valence-electron chi connectivity index (χ0n) is 8.79. The SMILES string of the molecule is N#CC1(C(=O)NC2CCCOC2)CCC1. The van der Waals surface area contributed by atoms with Crippen molar-refractivity contribution in [3.05, 3.63) is 0 Å². The number of nitriles is 1. The maximum Gasteiger partial charge on any atom is 0.240 e. The van der Waals surface area contributed by atoms with E-state index in [2.05, 4.69) is 11.4 Å². The number of nitrogens with zero attached hydrogens (tertiary/aromatic N) is 1. The van der Waals surface area contributed by atoms with Gasteiger partial charge in [-0.3, -0.25) is 4.79 Å². The predicted molar refractivity (Wildman–Crippen MR) is 53.9 cm³/mol. The molecule has 4 heteroatoms. The van der Waals surface area contributed by atoms with E-state index in [0.29, 0.717) is 19.4 Å². The molecule has 0 spiro atoms. The Balaban J connectivity index is 1.88. The van der Waals surface area contributed by atoms with Crippen LogP contribution < -0.4 is 5.32 Å². The highest BCUT2D eigenvalue weighted by molar-refractivity contribution is 5.86. The van der Waals surface area contributed by atoms with E-state index in [1.807, 2.05) is 0 Å². The van der Waals surface area contributed by atoms with E-state index in [1.165, 1.54) is 0 Å². The van der Waals surface area contributed by atoms with E-state index in [9.17, 15) is 4.79 Å². The van der Waals surface area contributed by atoms with Crippen molar-refractivity contribution in [2.75, 3.05) is 13.2 Å². The van der Waals surface area contributed by atoms with Gasteiger partial charge in [0.15, 0.2) is 0 Å². The van der Waals surface area contributed by atoms with Crippen molar-refractivity contribution in [1.29, 1.82) is 5.26 Å². The van der Waals surface area contributed by atoms with Crippen LogP contribution in [0.4, 0.5) is 0 Å². The number of hydrogen-bond acceptors (Lipinski definition) is 3. The molecule has 1 heterocycles. The molecule has 0 aromatic carbocycles. The van der Waals surface area contributed by atoms with Crippen LogP contribution in [0.5, 0.6) is 0 Å². The highest BCUT2D eigenvalue weighted by Gasteiger charge is 2.45. The van der Waals surface area contributed by atoms with Crippen LogP contribution in [0, 0.1) is 16.7 Å².